The molecule has 0 aliphatic carbocycles. The molecule has 0 aliphatic heterocycles. The molecule has 0 amide bonds. The molecule has 4 heteroatoms. The van der Waals surface area contributed by atoms with E-state index in [9.17, 15) is 0 Å². The smallest absolute Gasteiger partial charge is 0.214 e. The Morgan fingerprint density at radius 2 is 2.22 bits per heavy atom. The van der Waals surface area contributed by atoms with Gasteiger partial charge in [0.1, 0.15) is 0 Å². The van der Waals surface area contributed by atoms with E-state index in [0.717, 1.165) is 17.8 Å². The Morgan fingerprint density at radius 3 is 2.94 bits per heavy atom. The van der Waals surface area contributed by atoms with Crippen molar-refractivity contribution in [3.05, 3.63) is 53.5 Å². The molecule has 90 valence electrons. The van der Waals surface area contributed by atoms with Gasteiger partial charge in [0.05, 0.1) is 18.2 Å². The maximum absolute atomic E-state index is 8.85. The first-order valence-corrected chi connectivity index (χ1v) is 5.69. The third kappa shape index (κ3) is 3.29. The Labute approximate surface area is 106 Å². The van der Waals surface area contributed by atoms with E-state index in [2.05, 4.69) is 16.0 Å². The summed E-state index contributed by atoms with van der Waals surface area (Å²) in [5, 5.41) is 8.85. The van der Waals surface area contributed by atoms with Gasteiger partial charge in [-0.25, -0.2) is 4.98 Å². The first kappa shape index (κ1) is 12.1. The lowest BCUT2D eigenvalue weighted by Crippen LogP contribution is -2.04. The highest BCUT2D eigenvalue weighted by Gasteiger charge is 2.01. The van der Waals surface area contributed by atoms with Crippen LogP contribution < -0.4 is 4.74 Å². The highest BCUT2D eigenvalue weighted by Crippen LogP contribution is 2.11. The van der Waals surface area contributed by atoms with Gasteiger partial charge < -0.3 is 4.74 Å². The monoisotopic (exact) mass is 239 g/mol. The fourth-order valence-corrected chi connectivity index (χ4v) is 1.58. The standard InChI is InChI=1S/C14H13N3O/c1-11-8-12(10-15)9-14(17-11)18-7-5-13-4-2-3-6-16-13/h2-4,6,8-9H,5,7H2,1H3. The second-order valence-electron chi connectivity index (χ2n) is 3.87. The molecule has 2 aromatic rings. The largest absolute Gasteiger partial charge is 0.477 e. The highest BCUT2D eigenvalue weighted by molar-refractivity contribution is 5.34. The topological polar surface area (TPSA) is 58.8 Å². The van der Waals surface area contributed by atoms with E-state index in [0.29, 0.717) is 18.1 Å². The van der Waals surface area contributed by atoms with Crippen molar-refractivity contribution in [1.82, 2.24) is 9.97 Å². The normalized spacial score (nSPS) is 9.78. The highest BCUT2D eigenvalue weighted by atomic mass is 16.5. The van der Waals surface area contributed by atoms with Gasteiger partial charge in [0, 0.05) is 30.1 Å². The SMILES string of the molecule is Cc1cc(C#N)cc(OCCc2ccccn2)n1. The number of hydrogen-bond acceptors (Lipinski definition) is 4. The fourth-order valence-electron chi connectivity index (χ4n) is 1.58. The van der Waals surface area contributed by atoms with Crippen LogP contribution in [0.15, 0.2) is 36.5 Å². The lowest BCUT2D eigenvalue weighted by Gasteiger charge is -2.06. The molecular formula is C14H13N3O. The van der Waals surface area contributed by atoms with Crippen molar-refractivity contribution < 1.29 is 4.74 Å². The van der Waals surface area contributed by atoms with E-state index < -0.39 is 0 Å². The molecule has 0 saturated carbocycles. The van der Waals surface area contributed by atoms with Crippen molar-refractivity contribution in [3.63, 3.8) is 0 Å². The van der Waals surface area contributed by atoms with Gasteiger partial charge >= 0.3 is 0 Å². The van der Waals surface area contributed by atoms with Crippen molar-refractivity contribution in [3.8, 4) is 11.9 Å². The molecule has 2 heterocycles. The number of hydrogen-bond donors (Lipinski definition) is 0. The van der Waals surface area contributed by atoms with Gasteiger partial charge in [0.15, 0.2) is 0 Å². The lowest BCUT2D eigenvalue weighted by molar-refractivity contribution is 0.307. The third-order valence-corrected chi connectivity index (χ3v) is 2.39. The quantitative estimate of drug-likeness (QED) is 0.821. The summed E-state index contributed by atoms with van der Waals surface area (Å²) in [6, 6.07) is 11.2. The van der Waals surface area contributed by atoms with E-state index >= 15 is 0 Å². The molecule has 0 spiro atoms. The maximum Gasteiger partial charge on any atom is 0.214 e. The molecule has 4 nitrogen and oxygen atoms in total. The molecule has 0 radical (unpaired) electrons. The molecule has 0 aliphatic rings. The van der Waals surface area contributed by atoms with Crippen LogP contribution in [-0.4, -0.2) is 16.6 Å². The zero-order valence-electron chi connectivity index (χ0n) is 10.1. The van der Waals surface area contributed by atoms with Gasteiger partial charge in [-0.1, -0.05) is 6.07 Å². The van der Waals surface area contributed by atoms with Gasteiger partial charge in [-0.15, -0.1) is 0 Å². The molecule has 0 saturated heterocycles. The Balaban J connectivity index is 1.95. The van der Waals surface area contributed by atoms with Gasteiger partial charge in [-0.3, -0.25) is 4.98 Å². The minimum absolute atomic E-state index is 0.488. The number of aryl methyl sites for hydroxylation is 1. The fraction of sp³-hybridized carbons (Fsp3) is 0.214. The van der Waals surface area contributed by atoms with Gasteiger partial charge in [0.25, 0.3) is 0 Å². The predicted octanol–water partition coefficient (Wildman–Crippen LogP) is 2.28. The van der Waals surface area contributed by atoms with Crippen LogP contribution in [0.4, 0.5) is 0 Å². The number of rotatable bonds is 4. The van der Waals surface area contributed by atoms with Crippen molar-refractivity contribution in [2.75, 3.05) is 6.61 Å². The van der Waals surface area contributed by atoms with E-state index in [4.69, 9.17) is 10.00 Å². The first-order chi connectivity index (χ1) is 8.78. The number of nitrogens with zero attached hydrogens (tertiary/aromatic N) is 3. The Morgan fingerprint density at radius 1 is 1.33 bits per heavy atom. The summed E-state index contributed by atoms with van der Waals surface area (Å²) in [5.41, 5.74) is 2.32. The number of ether oxygens (including phenoxy) is 1. The van der Waals surface area contributed by atoms with E-state index in [1.165, 1.54) is 0 Å². The second kappa shape index (κ2) is 5.78. The summed E-state index contributed by atoms with van der Waals surface area (Å²) in [6.07, 6.45) is 2.48. The summed E-state index contributed by atoms with van der Waals surface area (Å²) in [4.78, 5) is 8.43. The van der Waals surface area contributed by atoms with Crippen molar-refractivity contribution in [2.24, 2.45) is 0 Å². The van der Waals surface area contributed by atoms with Crippen LogP contribution in [0.1, 0.15) is 17.0 Å². The zero-order chi connectivity index (χ0) is 12.8. The van der Waals surface area contributed by atoms with Crippen LogP contribution in [0.3, 0.4) is 0 Å². The second-order valence-corrected chi connectivity index (χ2v) is 3.87. The molecular weight excluding hydrogens is 226 g/mol. The average Bonchev–Trinajstić information content (AvgIpc) is 2.39. The van der Waals surface area contributed by atoms with Crippen molar-refractivity contribution in [1.29, 1.82) is 5.26 Å². The summed E-state index contributed by atoms with van der Waals surface area (Å²) in [6.45, 7) is 2.34. The summed E-state index contributed by atoms with van der Waals surface area (Å²) in [7, 11) is 0. The van der Waals surface area contributed by atoms with Crippen LogP contribution in [0.5, 0.6) is 5.88 Å². The van der Waals surface area contributed by atoms with E-state index in [1.54, 1.807) is 18.3 Å². The Kier molecular flexibility index (Phi) is 3.87. The summed E-state index contributed by atoms with van der Waals surface area (Å²) >= 11 is 0. The average molecular weight is 239 g/mol. The molecule has 0 N–H and O–H groups in total. The number of aromatic nitrogens is 2. The Hall–Kier alpha value is -2.41. The molecule has 0 aromatic carbocycles. The van der Waals surface area contributed by atoms with Gasteiger partial charge in [-0.2, -0.15) is 5.26 Å². The summed E-state index contributed by atoms with van der Waals surface area (Å²) in [5.74, 6) is 0.488. The summed E-state index contributed by atoms with van der Waals surface area (Å²) < 4.78 is 5.53. The molecule has 0 bridgehead atoms. The molecule has 2 rings (SSSR count). The molecule has 0 fully saturated rings. The number of nitriles is 1. The van der Waals surface area contributed by atoms with Crippen LogP contribution in [-0.2, 0) is 6.42 Å². The molecule has 2 aromatic heterocycles. The maximum atomic E-state index is 8.85. The van der Waals surface area contributed by atoms with Gasteiger partial charge in [0.2, 0.25) is 5.88 Å². The minimum Gasteiger partial charge on any atom is -0.477 e. The van der Waals surface area contributed by atoms with Crippen molar-refractivity contribution >= 4 is 0 Å². The predicted molar refractivity (Wildman–Crippen MR) is 67.1 cm³/mol. The van der Waals surface area contributed by atoms with Crippen LogP contribution in [0.25, 0.3) is 0 Å². The molecule has 0 atom stereocenters. The van der Waals surface area contributed by atoms with Crippen molar-refractivity contribution in [2.45, 2.75) is 13.3 Å². The molecule has 18 heavy (non-hydrogen) atoms. The van der Waals surface area contributed by atoms with Crippen LogP contribution in [0.2, 0.25) is 0 Å². The number of pyridine rings is 2. The van der Waals surface area contributed by atoms with Crippen LogP contribution in [0, 0.1) is 18.3 Å². The minimum atomic E-state index is 0.488. The lowest BCUT2D eigenvalue weighted by atomic mass is 10.2. The Bertz CT molecular complexity index is 561. The first-order valence-electron chi connectivity index (χ1n) is 5.69. The van der Waals surface area contributed by atoms with Crippen LogP contribution >= 0.6 is 0 Å². The van der Waals surface area contributed by atoms with Gasteiger partial charge in [-0.05, 0) is 25.1 Å². The zero-order valence-corrected chi connectivity index (χ0v) is 10.1. The third-order valence-electron chi connectivity index (χ3n) is 2.39. The van der Waals surface area contributed by atoms with E-state index in [-0.39, 0.29) is 0 Å². The molecule has 0 unspecified atom stereocenters. The van der Waals surface area contributed by atoms with E-state index in [1.807, 2.05) is 25.1 Å².